The van der Waals surface area contributed by atoms with E-state index >= 15 is 0 Å². The van der Waals surface area contributed by atoms with Crippen LogP contribution in [-0.2, 0) is 11.3 Å². The summed E-state index contributed by atoms with van der Waals surface area (Å²) in [6, 6.07) is 10.7. The molecule has 6 heteroatoms. The minimum absolute atomic E-state index is 0.0432. The average molecular weight is 387 g/mol. The zero-order chi connectivity index (χ0) is 20.3. The van der Waals surface area contributed by atoms with Crippen molar-refractivity contribution < 1.29 is 23.8 Å². The van der Waals surface area contributed by atoms with Gasteiger partial charge in [-0.05, 0) is 54.2 Å². The van der Waals surface area contributed by atoms with E-state index in [0.29, 0.717) is 43.1 Å². The maximum absolute atomic E-state index is 13.6. The van der Waals surface area contributed by atoms with Gasteiger partial charge in [0.05, 0.1) is 20.1 Å². The van der Waals surface area contributed by atoms with Crippen molar-refractivity contribution in [3.63, 3.8) is 0 Å². The average Bonchev–Trinajstić information content (AvgIpc) is 2.69. The fourth-order valence-electron chi connectivity index (χ4n) is 3.88. The smallest absolute Gasteiger partial charge is 0.307 e. The molecule has 1 saturated heterocycles. The third-order valence-corrected chi connectivity index (χ3v) is 5.35. The standard InChI is InChI=1S/C22H26FNO4/c1-14-6-16(4-5-21(14)23)17-9-18(22(25)26)13-24(12-17)11-15-7-19(27-2)10-20(8-15)28-3/h4-8,10,17-18H,9,11-13H2,1-3H3,(H,25,26). The number of carboxylic acids is 1. The van der Waals surface area contributed by atoms with Crippen LogP contribution in [0.2, 0.25) is 0 Å². The molecule has 5 nitrogen and oxygen atoms in total. The number of aryl methyl sites for hydroxylation is 1. The number of halogens is 1. The van der Waals surface area contributed by atoms with Crippen LogP contribution in [0.1, 0.15) is 29.0 Å². The van der Waals surface area contributed by atoms with Gasteiger partial charge < -0.3 is 14.6 Å². The van der Waals surface area contributed by atoms with Gasteiger partial charge in [0, 0.05) is 25.7 Å². The fourth-order valence-corrected chi connectivity index (χ4v) is 3.88. The Labute approximate surface area is 164 Å². The number of carboxylic acid groups (broad SMARTS) is 1. The SMILES string of the molecule is COc1cc(CN2CC(C(=O)O)CC(c3ccc(F)c(C)c3)C2)cc(OC)c1. The molecule has 2 unspecified atom stereocenters. The summed E-state index contributed by atoms with van der Waals surface area (Å²) in [6.45, 7) is 3.52. The van der Waals surface area contributed by atoms with E-state index < -0.39 is 11.9 Å². The zero-order valence-electron chi connectivity index (χ0n) is 16.4. The Balaban J connectivity index is 1.84. The van der Waals surface area contributed by atoms with Gasteiger partial charge in [-0.1, -0.05) is 12.1 Å². The summed E-state index contributed by atoms with van der Waals surface area (Å²) in [7, 11) is 3.21. The molecule has 2 aromatic carbocycles. The van der Waals surface area contributed by atoms with E-state index in [1.807, 2.05) is 24.3 Å². The van der Waals surface area contributed by atoms with Crippen molar-refractivity contribution in [2.45, 2.75) is 25.8 Å². The molecule has 3 rings (SSSR count). The number of rotatable bonds is 6. The summed E-state index contributed by atoms with van der Waals surface area (Å²) in [5, 5.41) is 9.62. The molecule has 1 fully saturated rings. The van der Waals surface area contributed by atoms with Crippen LogP contribution >= 0.6 is 0 Å². The maximum Gasteiger partial charge on any atom is 0.307 e. The summed E-state index contributed by atoms with van der Waals surface area (Å²) in [4.78, 5) is 13.9. The van der Waals surface area contributed by atoms with Gasteiger partial charge in [-0.15, -0.1) is 0 Å². The van der Waals surface area contributed by atoms with E-state index in [1.54, 1.807) is 27.2 Å². The molecular weight excluding hydrogens is 361 g/mol. The summed E-state index contributed by atoms with van der Waals surface area (Å²) < 4.78 is 24.3. The van der Waals surface area contributed by atoms with Gasteiger partial charge in [-0.2, -0.15) is 0 Å². The number of benzene rings is 2. The number of carbonyl (C=O) groups is 1. The molecule has 1 aliphatic rings. The lowest BCUT2D eigenvalue weighted by Gasteiger charge is -2.36. The Morgan fingerprint density at radius 1 is 1.14 bits per heavy atom. The van der Waals surface area contributed by atoms with E-state index in [9.17, 15) is 14.3 Å². The number of methoxy groups -OCH3 is 2. The second-order valence-corrected chi connectivity index (χ2v) is 7.39. The maximum atomic E-state index is 13.6. The van der Waals surface area contributed by atoms with Crippen molar-refractivity contribution >= 4 is 5.97 Å². The Morgan fingerprint density at radius 2 is 1.82 bits per heavy atom. The molecule has 0 saturated carbocycles. The third-order valence-electron chi connectivity index (χ3n) is 5.35. The van der Waals surface area contributed by atoms with Crippen molar-refractivity contribution in [1.82, 2.24) is 4.90 Å². The highest BCUT2D eigenvalue weighted by molar-refractivity contribution is 5.70. The van der Waals surface area contributed by atoms with E-state index in [1.165, 1.54) is 6.07 Å². The molecule has 0 amide bonds. The topological polar surface area (TPSA) is 59.0 Å². The first-order valence-corrected chi connectivity index (χ1v) is 9.32. The molecule has 150 valence electrons. The van der Waals surface area contributed by atoms with Crippen LogP contribution in [0.15, 0.2) is 36.4 Å². The van der Waals surface area contributed by atoms with E-state index in [0.717, 1.165) is 11.1 Å². The number of hydrogen-bond donors (Lipinski definition) is 1. The minimum Gasteiger partial charge on any atom is -0.497 e. The lowest BCUT2D eigenvalue weighted by molar-refractivity contribution is -0.144. The molecule has 0 spiro atoms. The first-order chi connectivity index (χ1) is 13.4. The predicted octanol–water partition coefficient (Wildman–Crippen LogP) is 3.84. The van der Waals surface area contributed by atoms with E-state index in [4.69, 9.17) is 9.47 Å². The van der Waals surface area contributed by atoms with Gasteiger partial charge in [0.1, 0.15) is 17.3 Å². The van der Waals surface area contributed by atoms with E-state index in [2.05, 4.69) is 4.90 Å². The first-order valence-electron chi connectivity index (χ1n) is 9.32. The Kier molecular flexibility index (Phi) is 6.19. The quantitative estimate of drug-likeness (QED) is 0.816. The van der Waals surface area contributed by atoms with Crippen LogP contribution in [0.3, 0.4) is 0 Å². The molecule has 2 atom stereocenters. The monoisotopic (exact) mass is 387 g/mol. The molecule has 28 heavy (non-hydrogen) atoms. The summed E-state index contributed by atoms with van der Waals surface area (Å²) in [6.07, 6.45) is 0.554. The molecule has 0 bridgehead atoms. The summed E-state index contributed by atoms with van der Waals surface area (Å²) >= 11 is 0. The van der Waals surface area contributed by atoms with Crippen molar-refractivity contribution in [2.24, 2.45) is 5.92 Å². The number of aliphatic carboxylic acids is 1. The van der Waals surface area contributed by atoms with Gasteiger partial charge in [-0.3, -0.25) is 9.69 Å². The highest BCUT2D eigenvalue weighted by atomic mass is 19.1. The Bertz CT molecular complexity index is 832. The molecule has 0 aromatic heterocycles. The van der Waals surface area contributed by atoms with Gasteiger partial charge in [0.2, 0.25) is 0 Å². The lowest BCUT2D eigenvalue weighted by Crippen LogP contribution is -2.42. The van der Waals surface area contributed by atoms with Crippen LogP contribution in [0, 0.1) is 18.7 Å². The molecule has 1 N–H and O–H groups in total. The molecule has 1 aliphatic heterocycles. The Hall–Kier alpha value is -2.60. The van der Waals surface area contributed by atoms with Crippen LogP contribution in [0.25, 0.3) is 0 Å². The predicted molar refractivity (Wildman–Crippen MR) is 104 cm³/mol. The van der Waals surface area contributed by atoms with Crippen molar-refractivity contribution in [3.05, 3.63) is 58.9 Å². The highest BCUT2D eigenvalue weighted by Crippen LogP contribution is 2.33. The third kappa shape index (κ3) is 4.62. The lowest BCUT2D eigenvalue weighted by atomic mass is 9.84. The van der Waals surface area contributed by atoms with Crippen LogP contribution in [0.4, 0.5) is 4.39 Å². The van der Waals surface area contributed by atoms with Crippen LogP contribution < -0.4 is 9.47 Å². The molecular formula is C22H26FNO4. The van der Waals surface area contributed by atoms with Crippen LogP contribution in [0.5, 0.6) is 11.5 Å². The second kappa shape index (κ2) is 8.61. The van der Waals surface area contributed by atoms with Gasteiger partial charge >= 0.3 is 5.97 Å². The number of nitrogens with zero attached hydrogens (tertiary/aromatic N) is 1. The Morgan fingerprint density at radius 3 is 2.39 bits per heavy atom. The molecule has 2 aromatic rings. The number of ether oxygens (including phenoxy) is 2. The molecule has 1 heterocycles. The van der Waals surface area contributed by atoms with Crippen molar-refractivity contribution in [2.75, 3.05) is 27.3 Å². The van der Waals surface area contributed by atoms with Gasteiger partial charge in [-0.25, -0.2) is 4.39 Å². The summed E-state index contributed by atoms with van der Waals surface area (Å²) in [5.74, 6) is -0.0524. The van der Waals surface area contributed by atoms with E-state index in [-0.39, 0.29) is 11.7 Å². The van der Waals surface area contributed by atoms with Crippen molar-refractivity contribution in [1.29, 1.82) is 0 Å². The first kappa shape index (κ1) is 20.1. The van der Waals surface area contributed by atoms with Gasteiger partial charge in [0.15, 0.2) is 0 Å². The minimum atomic E-state index is -0.795. The summed E-state index contributed by atoms with van der Waals surface area (Å²) in [5.41, 5.74) is 2.56. The van der Waals surface area contributed by atoms with Crippen molar-refractivity contribution in [3.8, 4) is 11.5 Å². The van der Waals surface area contributed by atoms with Crippen LogP contribution in [-0.4, -0.2) is 43.3 Å². The zero-order valence-corrected chi connectivity index (χ0v) is 16.4. The normalized spacial score (nSPS) is 20.0. The molecule has 0 radical (unpaired) electrons. The number of likely N-dealkylation sites (tertiary alicyclic amines) is 1. The second-order valence-electron chi connectivity index (χ2n) is 7.39. The fraction of sp³-hybridized carbons (Fsp3) is 0.409. The largest absolute Gasteiger partial charge is 0.497 e. The highest BCUT2D eigenvalue weighted by Gasteiger charge is 2.32. The number of piperidine rings is 1. The van der Waals surface area contributed by atoms with Gasteiger partial charge in [0.25, 0.3) is 0 Å². The number of hydrogen-bond acceptors (Lipinski definition) is 4. The molecule has 0 aliphatic carbocycles.